The monoisotopic (exact) mass is 250 g/mol. The second-order valence-corrected chi connectivity index (χ2v) is 5.38. The van der Waals surface area contributed by atoms with Gasteiger partial charge >= 0.3 is 0 Å². The summed E-state index contributed by atoms with van der Waals surface area (Å²) in [6, 6.07) is 8.12. The lowest BCUT2D eigenvalue weighted by Gasteiger charge is -2.25. The van der Waals surface area contributed by atoms with E-state index in [-0.39, 0.29) is 11.9 Å². The van der Waals surface area contributed by atoms with Crippen LogP contribution in [0.5, 0.6) is 0 Å². The highest BCUT2D eigenvalue weighted by molar-refractivity contribution is 7.99. The van der Waals surface area contributed by atoms with Crippen molar-refractivity contribution in [1.29, 1.82) is 0 Å². The number of rotatable bonds is 3. The quantitative estimate of drug-likeness (QED) is 0.895. The average molecular weight is 250 g/mol. The molecule has 2 rings (SSSR count). The summed E-state index contributed by atoms with van der Waals surface area (Å²) in [5.41, 5.74) is 6.99. The summed E-state index contributed by atoms with van der Waals surface area (Å²) < 4.78 is 0. The van der Waals surface area contributed by atoms with E-state index in [1.54, 1.807) is 11.8 Å². The zero-order chi connectivity index (χ0) is 12.3. The van der Waals surface area contributed by atoms with Gasteiger partial charge in [0.1, 0.15) is 0 Å². The second kappa shape index (κ2) is 5.56. The number of nitrogens with two attached hydrogens (primary N) is 1. The van der Waals surface area contributed by atoms with E-state index in [9.17, 15) is 4.79 Å². The zero-order valence-corrected chi connectivity index (χ0v) is 10.9. The Morgan fingerprint density at radius 2 is 2.24 bits per heavy atom. The molecule has 1 aliphatic heterocycles. The molecule has 1 aromatic carbocycles. The van der Waals surface area contributed by atoms with Gasteiger partial charge in [0, 0.05) is 29.7 Å². The number of para-hydroxylation sites is 1. The molecular weight excluding hydrogens is 232 g/mol. The number of fused-ring (bicyclic) bond motifs is 1. The lowest BCUT2D eigenvalue weighted by atomic mass is 10.2. The number of hydrogen-bond acceptors (Lipinski definition) is 3. The van der Waals surface area contributed by atoms with Gasteiger partial charge in [-0.2, -0.15) is 0 Å². The maximum Gasteiger partial charge on any atom is 0.227 e. The van der Waals surface area contributed by atoms with Gasteiger partial charge in [0.25, 0.3) is 0 Å². The molecule has 4 heteroatoms. The third kappa shape index (κ3) is 2.82. The molecule has 3 nitrogen and oxygen atoms in total. The molecule has 0 spiro atoms. The van der Waals surface area contributed by atoms with Crippen LogP contribution < -0.4 is 10.6 Å². The number of amides is 1. The van der Waals surface area contributed by atoms with Crippen LogP contribution in [-0.4, -0.2) is 24.2 Å². The van der Waals surface area contributed by atoms with Gasteiger partial charge in [0.2, 0.25) is 5.91 Å². The molecule has 0 aliphatic carbocycles. The van der Waals surface area contributed by atoms with E-state index in [1.165, 1.54) is 4.90 Å². The van der Waals surface area contributed by atoms with E-state index in [1.807, 2.05) is 30.0 Å². The van der Waals surface area contributed by atoms with Crippen molar-refractivity contribution in [3.63, 3.8) is 0 Å². The van der Waals surface area contributed by atoms with Gasteiger partial charge in [-0.25, -0.2) is 0 Å². The predicted molar refractivity (Wildman–Crippen MR) is 72.4 cm³/mol. The maximum absolute atomic E-state index is 12.1. The number of carbonyl (C=O) groups excluding carboxylic acids is 1. The highest BCUT2D eigenvalue weighted by Gasteiger charge is 2.23. The Labute approximate surface area is 106 Å². The van der Waals surface area contributed by atoms with Gasteiger partial charge < -0.3 is 10.6 Å². The first-order chi connectivity index (χ1) is 8.22. The number of hydrogen-bond donors (Lipinski definition) is 1. The largest absolute Gasteiger partial charge is 0.326 e. The minimum absolute atomic E-state index is 0.0510. The van der Waals surface area contributed by atoms with E-state index in [2.05, 4.69) is 6.07 Å². The van der Waals surface area contributed by atoms with E-state index in [0.717, 1.165) is 17.9 Å². The number of benzene rings is 1. The van der Waals surface area contributed by atoms with Crippen molar-refractivity contribution in [3.05, 3.63) is 24.3 Å². The van der Waals surface area contributed by atoms with E-state index >= 15 is 0 Å². The molecule has 0 saturated carbocycles. The molecule has 0 saturated heterocycles. The zero-order valence-electron chi connectivity index (χ0n) is 10.1. The van der Waals surface area contributed by atoms with Crippen molar-refractivity contribution in [2.45, 2.75) is 30.7 Å². The highest BCUT2D eigenvalue weighted by Crippen LogP contribution is 2.33. The standard InChI is InChI=1S/C13H18N2OS/c1-2-10(14)9-15-11-5-3-4-6-12(11)17-8-7-13(15)16/h3-6,10H,2,7-9,14H2,1H3. The van der Waals surface area contributed by atoms with Crippen LogP contribution in [0.4, 0.5) is 5.69 Å². The molecule has 17 heavy (non-hydrogen) atoms. The Hall–Kier alpha value is -1.00. The molecule has 1 amide bonds. The van der Waals surface area contributed by atoms with Gasteiger partial charge in [0.15, 0.2) is 0 Å². The normalized spacial score (nSPS) is 17.5. The fourth-order valence-electron chi connectivity index (χ4n) is 1.88. The lowest BCUT2D eigenvalue weighted by Crippen LogP contribution is -2.40. The Balaban J connectivity index is 2.30. The minimum Gasteiger partial charge on any atom is -0.326 e. The Bertz CT molecular complexity index is 408. The molecule has 0 aromatic heterocycles. The molecule has 0 radical (unpaired) electrons. The van der Waals surface area contributed by atoms with Crippen molar-refractivity contribution >= 4 is 23.4 Å². The average Bonchev–Trinajstić information content (AvgIpc) is 2.50. The summed E-state index contributed by atoms with van der Waals surface area (Å²) >= 11 is 1.75. The third-order valence-corrected chi connectivity index (χ3v) is 4.04. The smallest absolute Gasteiger partial charge is 0.227 e. The molecule has 1 aromatic rings. The Morgan fingerprint density at radius 3 is 3.00 bits per heavy atom. The van der Waals surface area contributed by atoms with Crippen LogP contribution in [0.15, 0.2) is 29.2 Å². The Morgan fingerprint density at radius 1 is 1.47 bits per heavy atom. The molecule has 0 bridgehead atoms. The minimum atomic E-state index is 0.0510. The van der Waals surface area contributed by atoms with Gasteiger partial charge in [0.05, 0.1) is 5.69 Å². The number of thioether (sulfide) groups is 1. The van der Waals surface area contributed by atoms with E-state index < -0.39 is 0 Å². The third-order valence-electron chi connectivity index (χ3n) is 2.97. The Kier molecular flexibility index (Phi) is 4.07. The van der Waals surface area contributed by atoms with Crippen LogP contribution >= 0.6 is 11.8 Å². The van der Waals surface area contributed by atoms with Crippen LogP contribution in [0.2, 0.25) is 0 Å². The van der Waals surface area contributed by atoms with Crippen molar-refractivity contribution in [3.8, 4) is 0 Å². The molecular formula is C13H18N2OS. The second-order valence-electron chi connectivity index (χ2n) is 4.24. The van der Waals surface area contributed by atoms with Crippen LogP contribution in [0.25, 0.3) is 0 Å². The van der Waals surface area contributed by atoms with Crippen molar-refractivity contribution in [2.75, 3.05) is 17.2 Å². The van der Waals surface area contributed by atoms with Crippen LogP contribution in [0, 0.1) is 0 Å². The molecule has 92 valence electrons. The lowest BCUT2D eigenvalue weighted by molar-refractivity contribution is -0.118. The number of carbonyl (C=O) groups is 1. The summed E-state index contributed by atoms with van der Waals surface area (Å²) in [7, 11) is 0. The number of anilines is 1. The fourth-order valence-corrected chi connectivity index (χ4v) is 2.88. The topological polar surface area (TPSA) is 46.3 Å². The summed E-state index contributed by atoms with van der Waals surface area (Å²) in [5.74, 6) is 1.04. The van der Waals surface area contributed by atoms with Crippen molar-refractivity contribution in [2.24, 2.45) is 5.73 Å². The van der Waals surface area contributed by atoms with Crippen LogP contribution in [0.1, 0.15) is 19.8 Å². The van der Waals surface area contributed by atoms with Crippen LogP contribution in [0.3, 0.4) is 0 Å². The summed E-state index contributed by atoms with van der Waals surface area (Å²) in [4.78, 5) is 15.1. The van der Waals surface area contributed by atoms with Crippen molar-refractivity contribution < 1.29 is 4.79 Å². The first kappa shape index (κ1) is 12.5. The summed E-state index contributed by atoms with van der Waals surface area (Å²) in [6.07, 6.45) is 1.48. The highest BCUT2D eigenvalue weighted by atomic mass is 32.2. The van der Waals surface area contributed by atoms with Gasteiger partial charge in [-0.15, -0.1) is 11.8 Å². The predicted octanol–water partition coefficient (Wildman–Crippen LogP) is 2.25. The van der Waals surface area contributed by atoms with Gasteiger partial charge in [-0.3, -0.25) is 4.79 Å². The molecule has 1 aliphatic rings. The van der Waals surface area contributed by atoms with Gasteiger partial charge in [-0.05, 0) is 18.6 Å². The maximum atomic E-state index is 12.1. The first-order valence-corrected chi connectivity index (χ1v) is 6.98. The molecule has 2 N–H and O–H groups in total. The van der Waals surface area contributed by atoms with E-state index in [4.69, 9.17) is 5.73 Å². The molecule has 1 atom stereocenters. The summed E-state index contributed by atoms with van der Waals surface area (Å²) in [5, 5.41) is 0. The first-order valence-electron chi connectivity index (χ1n) is 6.00. The summed E-state index contributed by atoms with van der Waals surface area (Å²) in [6.45, 7) is 2.67. The molecule has 1 unspecified atom stereocenters. The molecule has 1 heterocycles. The van der Waals surface area contributed by atoms with E-state index in [0.29, 0.717) is 13.0 Å². The molecule has 0 fully saturated rings. The SMILES string of the molecule is CCC(N)CN1C(=O)CCSc2ccccc21. The van der Waals surface area contributed by atoms with Crippen molar-refractivity contribution in [1.82, 2.24) is 0 Å². The fraction of sp³-hybridized carbons (Fsp3) is 0.462. The van der Waals surface area contributed by atoms with Gasteiger partial charge in [-0.1, -0.05) is 19.1 Å². The number of nitrogens with zero attached hydrogens (tertiary/aromatic N) is 1. The van der Waals surface area contributed by atoms with Crippen LogP contribution in [-0.2, 0) is 4.79 Å².